The van der Waals surface area contributed by atoms with Crippen LogP contribution < -0.4 is 0 Å². The summed E-state index contributed by atoms with van der Waals surface area (Å²) < 4.78 is 41.5. The van der Waals surface area contributed by atoms with Crippen molar-refractivity contribution in [2.24, 2.45) is 5.92 Å². The molecule has 1 saturated carbocycles. The third kappa shape index (κ3) is 5.29. The highest BCUT2D eigenvalue weighted by Crippen LogP contribution is 2.45. The standard InChI is InChI=1S/C25H21F3N2S/c26-25(27,28)21-15-22(18-7-3-1-4-8-18)30-24(20(21)16-29)31-23(14-13-17-11-12-17)19-9-5-2-6-10-19/h1-10,15,17,23H,11-14H2. The second-order valence-electron chi connectivity index (χ2n) is 7.75. The molecule has 158 valence electrons. The summed E-state index contributed by atoms with van der Waals surface area (Å²) in [5, 5.41) is 9.71. The van der Waals surface area contributed by atoms with Crippen LogP contribution in [0.3, 0.4) is 0 Å². The number of aromatic nitrogens is 1. The van der Waals surface area contributed by atoms with Gasteiger partial charge in [-0.25, -0.2) is 4.98 Å². The maximum absolute atomic E-state index is 13.8. The summed E-state index contributed by atoms with van der Waals surface area (Å²) in [6.07, 6.45) is -0.337. The third-order valence-corrected chi connectivity index (χ3v) is 6.74. The van der Waals surface area contributed by atoms with Crippen molar-refractivity contribution >= 4 is 11.8 Å². The molecule has 2 aromatic carbocycles. The van der Waals surface area contributed by atoms with Gasteiger partial charge in [0.1, 0.15) is 11.1 Å². The molecule has 1 fully saturated rings. The summed E-state index contributed by atoms with van der Waals surface area (Å²) in [5.41, 5.74) is 0.527. The first-order valence-electron chi connectivity index (χ1n) is 10.2. The van der Waals surface area contributed by atoms with Crippen molar-refractivity contribution in [3.8, 4) is 17.3 Å². The molecule has 0 spiro atoms. The molecule has 0 saturated heterocycles. The Morgan fingerprint density at radius 3 is 2.26 bits per heavy atom. The zero-order valence-corrected chi connectivity index (χ0v) is 17.6. The zero-order chi connectivity index (χ0) is 21.8. The Labute approximate surface area is 184 Å². The number of nitriles is 1. The lowest BCUT2D eigenvalue weighted by Gasteiger charge is -2.20. The average molecular weight is 439 g/mol. The third-order valence-electron chi connectivity index (χ3n) is 5.43. The first kappa shape index (κ1) is 21.5. The van der Waals surface area contributed by atoms with Crippen LogP contribution in [0, 0.1) is 17.2 Å². The van der Waals surface area contributed by atoms with Crippen LogP contribution in [0.25, 0.3) is 11.3 Å². The van der Waals surface area contributed by atoms with E-state index < -0.39 is 17.3 Å². The Hall–Kier alpha value is -2.78. The van der Waals surface area contributed by atoms with Crippen molar-refractivity contribution in [3.63, 3.8) is 0 Å². The van der Waals surface area contributed by atoms with Gasteiger partial charge in [-0.15, -0.1) is 0 Å². The predicted molar refractivity (Wildman–Crippen MR) is 116 cm³/mol. The number of pyridine rings is 1. The maximum atomic E-state index is 13.8. The Morgan fingerprint density at radius 2 is 1.68 bits per heavy atom. The zero-order valence-electron chi connectivity index (χ0n) is 16.8. The fourth-order valence-electron chi connectivity index (χ4n) is 3.59. The molecule has 6 heteroatoms. The summed E-state index contributed by atoms with van der Waals surface area (Å²) in [6, 6.07) is 21.3. The van der Waals surface area contributed by atoms with Crippen LogP contribution in [0.1, 0.15) is 47.6 Å². The minimum Gasteiger partial charge on any atom is -0.240 e. The van der Waals surface area contributed by atoms with Crippen LogP contribution in [-0.4, -0.2) is 4.98 Å². The van der Waals surface area contributed by atoms with Gasteiger partial charge < -0.3 is 0 Å². The largest absolute Gasteiger partial charge is 0.417 e. The van der Waals surface area contributed by atoms with Gasteiger partial charge in [-0.05, 0) is 30.4 Å². The molecule has 0 amide bonds. The molecule has 1 atom stereocenters. The van der Waals surface area contributed by atoms with Crippen LogP contribution in [0.15, 0.2) is 71.8 Å². The monoisotopic (exact) mass is 438 g/mol. The van der Waals surface area contributed by atoms with Crippen molar-refractivity contribution in [1.29, 1.82) is 5.26 Å². The molecule has 1 heterocycles. The molecule has 0 bridgehead atoms. The average Bonchev–Trinajstić information content (AvgIpc) is 3.61. The van der Waals surface area contributed by atoms with Crippen LogP contribution in [-0.2, 0) is 6.18 Å². The number of alkyl halides is 3. The van der Waals surface area contributed by atoms with Gasteiger partial charge in [-0.2, -0.15) is 18.4 Å². The summed E-state index contributed by atoms with van der Waals surface area (Å²) in [4.78, 5) is 4.54. The molecule has 31 heavy (non-hydrogen) atoms. The quantitative estimate of drug-likeness (QED) is 0.355. The lowest BCUT2D eigenvalue weighted by molar-refractivity contribution is -0.138. The summed E-state index contributed by atoms with van der Waals surface area (Å²) >= 11 is 1.27. The van der Waals surface area contributed by atoms with Crippen LogP contribution in [0.5, 0.6) is 0 Å². The van der Waals surface area contributed by atoms with E-state index in [1.165, 1.54) is 24.6 Å². The van der Waals surface area contributed by atoms with Crippen molar-refractivity contribution in [1.82, 2.24) is 4.98 Å². The molecule has 0 radical (unpaired) electrons. The van der Waals surface area contributed by atoms with E-state index in [4.69, 9.17) is 0 Å². The molecule has 1 unspecified atom stereocenters. The number of halogens is 3. The molecule has 3 aromatic rings. The van der Waals surface area contributed by atoms with Gasteiger partial charge in [-0.3, -0.25) is 0 Å². The topological polar surface area (TPSA) is 36.7 Å². The number of hydrogen-bond donors (Lipinski definition) is 0. The molecule has 2 nitrogen and oxygen atoms in total. The van der Waals surface area contributed by atoms with Crippen LogP contribution >= 0.6 is 11.8 Å². The molecular formula is C25H21F3N2S. The summed E-state index contributed by atoms with van der Waals surface area (Å²) in [5.74, 6) is 0.705. The molecule has 4 rings (SSSR count). The van der Waals surface area contributed by atoms with E-state index in [0.717, 1.165) is 24.5 Å². The fraction of sp³-hybridized carbons (Fsp3) is 0.280. The van der Waals surface area contributed by atoms with Crippen molar-refractivity contribution in [2.75, 3.05) is 0 Å². The van der Waals surface area contributed by atoms with E-state index in [0.29, 0.717) is 11.5 Å². The highest BCUT2D eigenvalue weighted by Gasteiger charge is 2.36. The molecule has 1 aliphatic rings. The normalized spacial score (nSPS) is 14.8. The number of hydrogen-bond acceptors (Lipinski definition) is 3. The van der Waals surface area contributed by atoms with E-state index in [-0.39, 0.29) is 16.0 Å². The summed E-state index contributed by atoms with van der Waals surface area (Å²) in [7, 11) is 0. The van der Waals surface area contributed by atoms with Gasteiger partial charge in [0.25, 0.3) is 0 Å². The number of nitrogens with zero attached hydrogens (tertiary/aromatic N) is 2. The molecule has 1 aromatic heterocycles. The lowest BCUT2D eigenvalue weighted by atomic mass is 10.1. The smallest absolute Gasteiger partial charge is 0.240 e. The Morgan fingerprint density at radius 1 is 1.03 bits per heavy atom. The highest BCUT2D eigenvalue weighted by molar-refractivity contribution is 7.99. The molecule has 0 N–H and O–H groups in total. The van der Waals surface area contributed by atoms with E-state index in [2.05, 4.69) is 4.98 Å². The van der Waals surface area contributed by atoms with Crippen molar-refractivity contribution < 1.29 is 13.2 Å². The number of benzene rings is 2. The van der Waals surface area contributed by atoms with Gasteiger partial charge in [-0.1, -0.05) is 85.3 Å². The second kappa shape index (κ2) is 9.15. The predicted octanol–water partition coefficient (Wildman–Crippen LogP) is 7.66. The van der Waals surface area contributed by atoms with Gasteiger partial charge in [0, 0.05) is 10.8 Å². The van der Waals surface area contributed by atoms with Gasteiger partial charge in [0.05, 0.1) is 16.8 Å². The highest BCUT2D eigenvalue weighted by atomic mass is 32.2. The van der Waals surface area contributed by atoms with E-state index in [1.54, 1.807) is 36.4 Å². The van der Waals surface area contributed by atoms with Gasteiger partial charge in [0.2, 0.25) is 0 Å². The number of thioether (sulfide) groups is 1. The Balaban J connectivity index is 1.78. The van der Waals surface area contributed by atoms with Crippen LogP contribution in [0.4, 0.5) is 13.2 Å². The number of rotatable bonds is 7. The van der Waals surface area contributed by atoms with Crippen molar-refractivity contribution in [2.45, 2.75) is 42.1 Å². The summed E-state index contributed by atoms with van der Waals surface area (Å²) in [6.45, 7) is 0. The van der Waals surface area contributed by atoms with E-state index in [1.807, 2.05) is 30.3 Å². The molecular weight excluding hydrogens is 417 g/mol. The van der Waals surface area contributed by atoms with Crippen molar-refractivity contribution in [3.05, 3.63) is 83.4 Å². The van der Waals surface area contributed by atoms with E-state index in [9.17, 15) is 18.4 Å². The van der Waals surface area contributed by atoms with E-state index >= 15 is 0 Å². The first-order chi connectivity index (χ1) is 15.0. The lowest BCUT2D eigenvalue weighted by Crippen LogP contribution is -2.11. The fourth-order valence-corrected chi connectivity index (χ4v) is 4.83. The second-order valence-corrected chi connectivity index (χ2v) is 8.94. The minimum absolute atomic E-state index is 0.0616. The van der Waals surface area contributed by atoms with Crippen LogP contribution in [0.2, 0.25) is 0 Å². The minimum atomic E-state index is -4.64. The molecule has 1 aliphatic carbocycles. The Kier molecular flexibility index (Phi) is 6.33. The SMILES string of the molecule is N#Cc1c(C(F)(F)F)cc(-c2ccccc2)nc1SC(CCC1CC1)c1ccccc1. The van der Waals surface area contributed by atoms with Gasteiger partial charge in [0.15, 0.2) is 0 Å². The molecule has 0 aliphatic heterocycles. The first-order valence-corrected chi connectivity index (χ1v) is 11.1. The van der Waals surface area contributed by atoms with Gasteiger partial charge >= 0.3 is 6.18 Å². The maximum Gasteiger partial charge on any atom is 0.417 e. The Bertz CT molecular complexity index is 1070.